The number of rotatable bonds is 6. The Kier molecular flexibility index (Phi) is 5.76. The van der Waals surface area contributed by atoms with Crippen molar-refractivity contribution in [3.05, 3.63) is 69.5 Å². The van der Waals surface area contributed by atoms with Crippen molar-refractivity contribution in [3.8, 4) is 11.5 Å². The quantitative estimate of drug-likeness (QED) is 0.534. The van der Waals surface area contributed by atoms with Gasteiger partial charge in [-0.25, -0.2) is 4.98 Å². The fourth-order valence-corrected chi connectivity index (χ4v) is 4.50. The molecule has 0 unspecified atom stereocenters. The van der Waals surface area contributed by atoms with Gasteiger partial charge >= 0.3 is 0 Å². The van der Waals surface area contributed by atoms with Gasteiger partial charge < -0.3 is 14.8 Å². The highest BCUT2D eigenvalue weighted by Gasteiger charge is 2.34. The van der Waals surface area contributed by atoms with Gasteiger partial charge in [-0.15, -0.1) is 0 Å². The van der Waals surface area contributed by atoms with Gasteiger partial charge in [-0.05, 0) is 47.7 Å². The van der Waals surface area contributed by atoms with E-state index >= 15 is 0 Å². The first-order valence-electron chi connectivity index (χ1n) is 10.4. The highest BCUT2D eigenvalue weighted by molar-refractivity contribution is 8.18. The van der Waals surface area contributed by atoms with Crippen LogP contribution in [-0.4, -0.2) is 51.4 Å². The number of fused-ring (bicyclic) bond motifs is 2. The molecule has 0 spiro atoms. The molecule has 2 aliphatic heterocycles. The smallest absolute Gasteiger partial charge is 0.293 e. The van der Waals surface area contributed by atoms with Crippen LogP contribution in [0.25, 0.3) is 17.1 Å². The van der Waals surface area contributed by atoms with Gasteiger partial charge in [0, 0.05) is 13.1 Å². The van der Waals surface area contributed by atoms with Gasteiger partial charge in [-0.2, -0.15) is 0 Å². The van der Waals surface area contributed by atoms with E-state index in [1.165, 1.54) is 10.8 Å². The summed E-state index contributed by atoms with van der Waals surface area (Å²) in [7, 11) is 0. The lowest BCUT2D eigenvalue weighted by Crippen LogP contribution is -2.39. The average molecular weight is 478 g/mol. The molecule has 1 fully saturated rings. The molecule has 3 heterocycles. The number of carbonyl (C=O) groups excluding carboxylic acids is 3. The third kappa shape index (κ3) is 4.25. The molecule has 2 aromatic carbocycles. The zero-order chi connectivity index (χ0) is 23.7. The molecule has 3 amide bonds. The Balaban J connectivity index is 1.20. The molecule has 172 valence electrons. The molecule has 0 atom stereocenters. The van der Waals surface area contributed by atoms with Crippen LogP contribution < -0.4 is 20.3 Å². The normalized spacial score (nSPS) is 16.0. The Hall–Kier alpha value is -4.12. The summed E-state index contributed by atoms with van der Waals surface area (Å²) in [6, 6.07) is 12.3. The molecular formula is C23H18N4O6S. The molecule has 5 rings (SSSR count). The molecular weight excluding hydrogens is 460 g/mol. The van der Waals surface area contributed by atoms with Crippen molar-refractivity contribution in [1.82, 2.24) is 19.8 Å². The molecule has 0 bridgehead atoms. The molecule has 1 aromatic heterocycles. The van der Waals surface area contributed by atoms with Crippen LogP contribution in [0.15, 0.2) is 58.4 Å². The molecule has 0 saturated carbocycles. The molecule has 0 aliphatic carbocycles. The van der Waals surface area contributed by atoms with Gasteiger partial charge in [0.15, 0.2) is 11.5 Å². The SMILES string of the molecule is O=C(Cn1c(=O)cnc2ccccc21)NCCN1C(=O)S/C(=C\c2ccc3c(c2)OCO3)C1=O. The number of imide groups is 1. The largest absolute Gasteiger partial charge is 0.454 e. The molecule has 0 radical (unpaired) electrons. The summed E-state index contributed by atoms with van der Waals surface area (Å²) in [4.78, 5) is 55.1. The first kappa shape index (κ1) is 21.7. The van der Waals surface area contributed by atoms with Gasteiger partial charge in [0.2, 0.25) is 12.7 Å². The van der Waals surface area contributed by atoms with E-state index in [0.29, 0.717) is 28.1 Å². The topological polar surface area (TPSA) is 120 Å². The van der Waals surface area contributed by atoms with E-state index in [2.05, 4.69) is 10.3 Å². The van der Waals surface area contributed by atoms with Gasteiger partial charge in [0.1, 0.15) is 6.54 Å². The first-order chi connectivity index (χ1) is 16.5. The predicted octanol–water partition coefficient (Wildman–Crippen LogP) is 1.98. The number of para-hydroxylation sites is 2. The van der Waals surface area contributed by atoms with Crippen molar-refractivity contribution in [1.29, 1.82) is 0 Å². The van der Waals surface area contributed by atoms with Gasteiger partial charge in [-0.3, -0.25) is 28.6 Å². The monoisotopic (exact) mass is 478 g/mol. The number of aromatic nitrogens is 2. The molecule has 34 heavy (non-hydrogen) atoms. The third-order valence-electron chi connectivity index (χ3n) is 5.28. The minimum atomic E-state index is -0.432. The number of thioether (sulfide) groups is 1. The van der Waals surface area contributed by atoms with Crippen LogP contribution in [0.4, 0.5) is 4.79 Å². The summed E-state index contributed by atoms with van der Waals surface area (Å²) < 4.78 is 11.9. The number of nitrogens with one attached hydrogen (secondary N) is 1. The zero-order valence-corrected chi connectivity index (χ0v) is 18.5. The van der Waals surface area contributed by atoms with Crippen molar-refractivity contribution in [2.45, 2.75) is 6.54 Å². The Morgan fingerprint density at radius 2 is 1.94 bits per heavy atom. The van der Waals surface area contributed by atoms with Crippen LogP contribution in [-0.2, 0) is 16.1 Å². The number of amides is 3. The lowest BCUT2D eigenvalue weighted by atomic mass is 10.2. The minimum absolute atomic E-state index is 0.0148. The van der Waals surface area contributed by atoms with E-state index in [-0.39, 0.29) is 31.3 Å². The zero-order valence-electron chi connectivity index (χ0n) is 17.7. The maximum atomic E-state index is 12.7. The van der Waals surface area contributed by atoms with Crippen molar-refractivity contribution in [3.63, 3.8) is 0 Å². The van der Waals surface area contributed by atoms with Crippen molar-refractivity contribution in [2.24, 2.45) is 0 Å². The van der Waals surface area contributed by atoms with Crippen LogP contribution in [0, 0.1) is 0 Å². The molecule has 1 N–H and O–H groups in total. The summed E-state index contributed by atoms with van der Waals surface area (Å²) in [5.41, 5.74) is 1.46. The highest BCUT2D eigenvalue weighted by atomic mass is 32.2. The van der Waals surface area contributed by atoms with Crippen molar-refractivity contribution >= 4 is 45.9 Å². The number of ether oxygens (including phenoxy) is 2. The maximum absolute atomic E-state index is 12.7. The summed E-state index contributed by atoms with van der Waals surface area (Å²) >= 11 is 0.836. The van der Waals surface area contributed by atoms with Crippen LogP contribution in [0.2, 0.25) is 0 Å². The Bertz CT molecular complexity index is 1420. The van der Waals surface area contributed by atoms with Crippen LogP contribution in [0.5, 0.6) is 11.5 Å². The van der Waals surface area contributed by atoms with E-state index in [1.54, 1.807) is 48.5 Å². The second-order valence-electron chi connectivity index (χ2n) is 7.47. The van der Waals surface area contributed by atoms with E-state index in [0.717, 1.165) is 16.7 Å². The number of benzene rings is 2. The molecule has 2 aliphatic rings. The van der Waals surface area contributed by atoms with E-state index in [4.69, 9.17) is 9.47 Å². The van der Waals surface area contributed by atoms with Crippen molar-refractivity contribution in [2.75, 3.05) is 19.9 Å². The number of hydrogen-bond donors (Lipinski definition) is 1. The average Bonchev–Trinajstić information content (AvgIpc) is 3.40. The molecule has 1 saturated heterocycles. The summed E-state index contributed by atoms with van der Waals surface area (Å²) in [6.45, 7) is 0.0215. The predicted molar refractivity (Wildman–Crippen MR) is 124 cm³/mol. The maximum Gasteiger partial charge on any atom is 0.293 e. The van der Waals surface area contributed by atoms with Gasteiger partial charge in [0.25, 0.3) is 16.7 Å². The van der Waals surface area contributed by atoms with Gasteiger partial charge in [-0.1, -0.05) is 18.2 Å². The second kappa shape index (κ2) is 9.02. The summed E-state index contributed by atoms with van der Waals surface area (Å²) in [5.74, 6) is 0.361. The third-order valence-corrected chi connectivity index (χ3v) is 6.19. The Morgan fingerprint density at radius 1 is 1.12 bits per heavy atom. The Labute approximate surface area is 197 Å². The lowest BCUT2D eigenvalue weighted by molar-refractivity contribution is -0.124. The van der Waals surface area contributed by atoms with E-state index in [9.17, 15) is 19.2 Å². The first-order valence-corrected chi connectivity index (χ1v) is 11.2. The Morgan fingerprint density at radius 3 is 2.82 bits per heavy atom. The second-order valence-corrected chi connectivity index (χ2v) is 8.46. The van der Waals surface area contributed by atoms with Crippen LogP contribution in [0.3, 0.4) is 0 Å². The van der Waals surface area contributed by atoms with E-state index < -0.39 is 22.6 Å². The highest BCUT2D eigenvalue weighted by Crippen LogP contribution is 2.36. The number of hydrogen-bond acceptors (Lipinski definition) is 8. The summed E-state index contributed by atoms with van der Waals surface area (Å²) in [6.07, 6.45) is 2.79. The molecule has 3 aromatic rings. The fourth-order valence-electron chi connectivity index (χ4n) is 3.63. The fraction of sp³-hybridized carbons (Fsp3) is 0.174. The standard InChI is InChI=1S/C23H18N4O6S/c28-20(12-27-16-4-2-1-3-15(16)25-11-21(27)29)24-7-8-26-22(30)19(34-23(26)31)10-14-5-6-17-18(9-14)33-13-32-17/h1-6,9-11H,7-8,12-13H2,(H,24,28)/b19-10-. The van der Waals surface area contributed by atoms with Crippen molar-refractivity contribution < 1.29 is 23.9 Å². The molecule has 10 nitrogen and oxygen atoms in total. The minimum Gasteiger partial charge on any atom is -0.454 e. The lowest BCUT2D eigenvalue weighted by Gasteiger charge is -2.14. The van der Waals surface area contributed by atoms with Crippen LogP contribution in [0.1, 0.15) is 5.56 Å². The van der Waals surface area contributed by atoms with Gasteiger partial charge in [0.05, 0.1) is 22.1 Å². The molecule has 11 heteroatoms. The summed E-state index contributed by atoms with van der Waals surface area (Å²) in [5, 5.41) is 2.25. The number of nitrogens with zero attached hydrogens (tertiary/aromatic N) is 3. The number of carbonyl (C=O) groups is 3. The van der Waals surface area contributed by atoms with Crippen LogP contribution >= 0.6 is 11.8 Å². The van der Waals surface area contributed by atoms with E-state index in [1.807, 2.05) is 0 Å².